The molecule has 1 amide bonds. The van der Waals surface area contributed by atoms with Crippen molar-refractivity contribution in [3.63, 3.8) is 0 Å². The molecule has 2 aromatic carbocycles. The second-order valence-electron chi connectivity index (χ2n) is 6.05. The van der Waals surface area contributed by atoms with Gasteiger partial charge in [0.05, 0.1) is 4.90 Å². The van der Waals surface area contributed by atoms with Gasteiger partial charge in [0, 0.05) is 18.3 Å². The quantitative estimate of drug-likeness (QED) is 0.588. The fourth-order valence-electron chi connectivity index (χ4n) is 2.42. The Balaban J connectivity index is 1.70. The Morgan fingerprint density at radius 2 is 1.54 bits per heavy atom. The first-order valence-corrected chi connectivity index (χ1v) is 9.89. The summed E-state index contributed by atoms with van der Waals surface area (Å²) in [6.07, 6.45) is 0. The molecule has 0 radical (unpaired) electrons. The molecule has 0 bridgehead atoms. The van der Waals surface area contributed by atoms with Crippen molar-refractivity contribution in [1.29, 1.82) is 0 Å². The lowest BCUT2D eigenvalue weighted by molar-refractivity contribution is -0.114. The molecule has 0 aliphatic rings. The molecule has 3 aromatic rings. The number of aryl methyl sites for hydroxylation is 1. The summed E-state index contributed by atoms with van der Waals surface area (Å²) < 4.78 is 27.3. The smallest absolute Gasteiger partial charge is 0.263 e. The van der Waals surface area contributed by atoms with Crippen molar-refractivity contribution in [2.45, 2.75) is 18.7 Å². The molecule has 0 saturated carbocycles. The van der Waals surface area contributed by atoms with Gasteiger partial charge in [-0.25, -0.2) is 8.42 Å². The molecule has 1 aromatic heterocycles. The predicted octanol–water partition coefficient (Wildman–Crippen LogP) is 3.29. The monoisotopic (exact) mass is 397 g/mol. The Kier molecular flexibility index (Phi) is 5.55. The summed E-state index contributed by atoms with van der Waals surface area (Å²) in [6.45, 7) is 3.35. The number of hydrogen-bond acceptors (Lipinski definition) is 6. The topological polar surface area (TPSA) is 113 Å². The average molecular weight is 397 g/mol. The van der Waals surface area contributed by atoms with Gasteiger partial charge in [-0.2, -0.15) is 0 Å². The highest BCUT2D eigenvalue weighted by molar-refractivity contribution is 7.92. The number of carbonyl (C=O) groups excluding carboxylic acids is 1. The zero-order chi connectivity index (χ0) is 20.1. The number of amides is 1. The van der Waals surface area contributed by atoms with Crippen LogP contribution < -0.4 is 15.4 Å². The van der Waals surface area contributed by atoms with Crippen LogP contribution >= 0.6 is 0 Å². The summed E-state index contributed by atoms with van der Waals surface area (Å²) in [5.41, 5.74) is 2.46. The largest absolute Gasteiger partial charge is 0.339 e. The third-order valence-corrected chi connectivity index (χ3v) is 5.17. The maximum atomic E-state index is 12.5. The normalized spacial score (nSPS) is 10.9. The van der Waals surface area contributed by atoms with E-state index in [4.69, 9.17) is 0 Å². The summed E-state index contributed by atoms with van der Waals surface area (Å²) in [5.74, 6) is 0.363. The molecule has 0 aliphatic heterocycles. The van der Waals surface area contributed by atoms with Gasteiger partial charge >= 0.3 is 0 Å². The van der Waals surface area contributed by atoms with Crippen molar-refractivity contribution in [2.75, 3.05) is 15.4 Å². The van der Waals surface area contributed by atoms with Crippen molar-refractivity contribution in [1.82, 2.24) is 10.2 Å². The molecule has 8 nitrogen and oxygen atoms in total. The molecule has 144 valence electrons. The summed E-state index contributed by atoms with van der Waals surface area (Å²) in [4.78, 5) is 11.1. The van der Waals surface area contributed by atoms with Crippen molar-refractivity contribution in [2.24, 2.45) is 0 Å². The number of sulfonamides is 1. The van der Waals surface area contributed by atoms with Gasteiger partial charge in [0.1, 0.15) is 0 Å². The van der Waals surface area contributed by atoms with Crippen molar-refractivity contribution < 1.29 is 13.2 Å². The van der Waals surface area contributed by atoms with E-state index in [1.165, 1.54) is 37.3 Å². The van der Waals surface area contributed by atoms with E-state index < -0.39 is 10.0 Å². The molecule has 3 N–H and O–H groups in total. The summed E-state index contributed by atoms with van der Waals surface area (Å²) >= 11 is 0. The summed E-state index contributed by atoms with van der Waals surface area (Å²) in [6, 6.07) is 16.7. The molecule has 0 fully saturated rings. The highest BCUT2D eigenvalue weighted by atomic mass is 32.2. The van der Waals surface area contributed by atoms with E-state index in [9.17, 15) is 13.2 Å². The van der Waals surface area contributed by atoms with Crippen LogP contribution in [0.25, 0.3) is 0 Å². The molecule has 0 aliphatic carbocycles. The predicted molar refractivity (Wildman–Crippen MR) is 108 cm³/mol. The molecule has 28 heavy (non-hydrogen) atoms. The third kappa shape index (κ3) is 4.83. The van der Waals surface area contributed by atoms with Gasteiger partial charge in [-0.1, -0.05) is 18.2 Å². The van der Waals surface area contributed by atoms with Crippen LogP contribution in [0.2, 0.25) is 0 Å². The average Bonchev–Trinajstić information content (AvgIpc) is 2.65. The highest BCUT2D eigenvalue weighted by Gasteiger charge is 2.15. The van der Waals surface area contributed by atoms with Crippen LogP contribution in [0.1, 0.15) is 12.5 Å². The molecule has 0 spiro atoms. The number of para-hydroxylation sites is 1. The lowest BCUT2D eigenvalue weighted by Crippen LogP contribution is -2.14. The first kappa shape index (κ1) is 19.3. The van der Waals surface area contributed by atoms with E-state index in [2.05, 4.69) is 25.6 Å². The number of anilines is 4. The first-order chi connectivity index (χ1) is 13.3. The van der Waals surface area contributed by atoms with Gasteiger partial charge in [0.25, 0.3) is 10.0 Å². The maximum Gasteiger partial charge on any atom is 0.263 e. The van der Waals surface area contributed by atoms with Gasteiger partial charge in [-0.3, -0.25) is 9.52 Å². The SMILES string of the molecule is CC(=O)Nc1ccc(S(=O)(=O)Nc2ccc(Nc3ccccc3C)nn2)cc1. The molecular weight excluding hydrogens is 378 g/mol. The number of nitrogens with zero attached hydrogens (tertiary/aromatic N) is 2. The second-order valence-corrected chi connectivity index (χ2v) is 7.74. The Bertz CT molecular complexity index is 1080. The van der Waals surface area contributed by atoms with Crippen molar-refractivity contribution in [3.8, 4) is 0 Å². The molecule has 0 unspecified atom stereocenters. The van der Waals surface area contributed by atoms with Gasteiger partial charge < -0.3 is 10.6 Å². The molecule has 0 atom stereocenters. The van der Waals surface area contributed by atoms with Gasteiger partial charge in [0.2, 0.25) is 5.91 Å². The molecule has 9 heteroatoms. The van der Waals surface area contributed by atoms with Crippen LogP contribution in [0.3, 0.4) is 0 Å². The fraction of sp³-hybridized carbons (Fsp3) is 0.105. The van der Waals surface area contributed by atoms with Crippen molar-refractivity contribution >= 4 is 38.9 Å². The van der Waals surface area contributed by atoms with E-state index >= 15 is 0 Å². The van der Waals surface area contributed by atoms with Crippen LogP contribution in [0, 0.1) is 6.92 Å². The zero-order valence-electron chi connectivity index (χ0n) is 15.3. The number of nitrogens with one attached hydrogen (secondary N) is 3. The number of aromatic nitrogens is 2. The number of rotatable bonds is 6. The molecule has 1 heterocycles. The molecular formula is C19H19N5O3S. The Morgan fingerprint density at radius 3 is 2.14 bits per heavy atom. The Hall–Kier alpha value is -3.46. The minimum atomic E-state index is -3.82. The second kappa shape index (κ2) is 8.05. The fourth-order valence-corrected chi connectivity index (χ4v) is 3.42. The standard InChI is InChI=1S/C19H19N5O3S/c1-13-5-3-4-6-17(13)21-18-11-12-19(23-22-18)24-28(26,27)16-9-7-15(8-10-16)20-14(2)25/h3-12H,1-2H3,(H,20,25)(H,21,22)(H,23,24). The van der Waals surface area contributed by atoms with E-state index in [1.54, 1.807) is 6.07 Å². The van der Waals surface area contributed by atoms with Gasteiger partial charge in [-0.05, 0) is 55.0 Å². The first-order valence-electron chi connectivity index (χ1n) is 8.40. The zero-order valence-corrected chi connectivity index (χ0v) is 16.1. The highest BCUT2D eigenvalue weighted by Crippen LogP contribution is 2.20. The molecule has 3 rings (SSSR count). The Morgan fingerprint density at radius 1 is 0.893 bits per heavy atom. The van der Waals surface area contributed by atoms with Gasteiger partial charge in [-0.15, -0.1) is 10.2 Å². The van der Waals surface area contributed by atoms with Crippen LogP contribution in [0.15, 0.2) is 65.6 Å². The summed E-state index contributed by atoms with van der Waals surface area (Å²) in [5, 5.41) is 13.6. The van der Waals surface area contributed by atoms with Crippen LogP contribution in [-0.4, -0.2) is 24.5 Å². The lowest BCUT2D eigenvalue weighted by Gasteiger charge is -2.10. The van der Waals surface area contributed by atoms with Crippen molar-refractivity contribution in [3.05, 3.63) is 66.2 Å². The van der Waals surface area contributed by atoms with Gasteiger partial charge in [0.15, 0.2) is 11.6 Å². The van der Waals surface area contributed by atoms with Crippen LogP contribution in [0.4, 0.5) is 23.0 Å². The van der Waals surface area contributed by atoms with E-state index in [-0.39, 0.29) is 16.6 Å². The Labute approximate surface area is 163 Å². The number of carbonyl (C=O) groups is 1. The van der Waals surface area contributed by atoms with E-state index in [0.717, 1.165) is 11.3 Å². The minimum absolute atomic E-state index is 0.0468. The maximum absolute atomic E-state index is 12.5. The van der Waals surface area contributed by atoms with E-state index in [1.807, 2.05) is 31.2 Å². The lowest BCUT2D eigenvalue weighted by atomic mass is 10.2. The third-order valence-electron chi connectivity index (χ3n) is 3.80. The number of benzene rings is 2. The van der Waals surface area contributed by atoms with Crippen LogP contribution in [0.5, 0.6) is 0 Å². The van der Waals surface area contributed by atoms with E-state index in [0.29, 0.717) is 11.5 Å². The summed E-state index contributed by atoms with van der Waals surface area (Å²) in [7, 11) is -3.82. The minimum Gasteiger partial charge on any atom is -0.339 e. The number of hydrogen-bond donors (Lipinski definition) is 3. The van der Waals surface area contributed by atoms with Crippen LogP contribution in [-0.2, 0) is 14.8 Å². The molecule has 0 saturated heterocycles.